The zero-order valence-electron chi connectivity index (χ0n) is 17.9. The number of guanidine groups is 1. The fraction of sp³-hybridized carbons (Fsp3) is 0.125. The van der Waals surface area contributed by atoms with E-state index in [1.54, 1.807) is 37.7 Å². The van der Waals surface area contributed by atoms with Crippen molar-refractivity contribution in [1.29, 1.82) is 0 Å². The molecule has 0 saturated carbocycles. The molecule has 0 unspecified atom stereocenters. The molecule has 0 fully saturated rings. The van der Waals surface area contributed by atoms with Gasteiger partial charge < -0.3 is 19.8 Å². The van der Waals surface area contributed by atoms with Crippen molar-refractivity contribution in [2.45, 2.75) is 13.1 Å². The highest BCUT2D eigenvalue weighted by Gasteiger charge is 2.07. The lowest BCUT2D eigenvalue weighted by molar-refractivity contribution is 0.461. The lowest BCUT2D eigenvalue weighted by Crippen LogP contribution is -2.36. The van der Waals surface area contributed by atoms with Crippen molar-refractivity contribution < 1.29 is 13.5 Å². The Morgan fingerprint density at radius 2 is 1.76 bits per heavy atom. The van der Waals surface area contributed by atoms with Gasteiger partial charge in [-0.2, -0.15) is 0 Å². The van der Waals surface area contributed by atoms with Crippen molar-refractivity contribution in [3.8, 4) is 23.1 Å². The second-order valence-electron chi connectivity index (χ2n) is 6.85. The minimum Gasteiger partial charge on any atom is -0.444 e. The first-order valence-corrected chi connectivity index (χ1v) is 10.0. The largest absolute Gasteiger partial charge is 0.444 e. The van der Waals surface area contributed by atoms with Gasteiger partial charge in [0.25, 0.3) is 0 Å². The molecule has 2 heterocycles. The number of oxazole rings is 1. The SMILES string of the molecule is CN=C(NCc1ccc(Oc2ccc(F)cc2)nc1)NCc1coc(-c2ccccc2)n1.I. The van der Waals surface area contributed by atoms with Crippen LogP contribution < -0.4 is 15.4 Å². The maximum Gasteiger partial charge on any atom is 0.226 e. The van der Waals surface area contributed by atoms with E-state index in [4.69, 9.17) is 9.15 Å². The van der Waals surface area contributed by atoms with Gasteiger partial charge in [0.05, 0.1) is 12.2 Å². The Morgan fingerprint density at radius 3 is 2.45 bits per heavy atom. The molecule has 2 N–H and O–H groups in total. The monoisotopic (exact) mass is 559 g/mol. The van der Waals surface area contributed by atoms with Crippen molar-refractivity contribution in [2.75, 3.05) is 7.05 Å². The summed E-state index contributed by atoms with van der Waals surface area (Å²) in [5.74, 6) is 1.86. The number of benzene rings is 2. The van der Waals surface area contributed by atoms with Crippen LogP contribution >= 0.6 is 24.0 Å². The Bertz CT molecular complexity index is 1170. The number of nitrogens with one attached hydrogen (secondary N) is 2. The molecular formula is C24H23FIN5O2. The Morgan fingerprint density at radius 1 is 1.00 bits per heavy atom. The first kappa shape index (κ1) is 24.2. The van der Waals surface area contributed by atoms with Crippen LogP contribution in [0.25, 0.3) is 11.5 Å². The zero-order chi connectivity index (χ0) is 22.2. The van der Waals surface area contributed by atoms with Gasteiger partial charge in [-0.25, -0.2) is 14.4 Å². The first-order chi connectivity index (χ1) is 15.7. The van der Waals surface area contributed by atoms with Crippen molar-refractivity contribution in [2.24, 2.45) is 4.99 Å². The molecule has 0 aliphatic heterocycles. The maximum atomic E-state index is 13.0. The lowest BCUT2D eigenvalue weighted by atomic mass is 10.2. The van der Waals surface area contributed by atoms with E-state index in [-0.39, 0.29) is 29.8 Å². The van der Waals surface area contributed by atoms with E-state index < -0.39 is 0 Å². The third-order valence-electron chi connectivity index (χ3n) is 4.53. The van der Waals surface area contributed by atoms with Gasteiger partial charge in [0.2, 0.25) is 11.8 Å². The third-order valence-corrected chi connectivity index (χ3v) is 4.53. The molecule has 0 aliphatic rings. The van der Waals surface area contributed by atoms with Crippen LogP contribution in [-0.4, -0.2) is 23.0 Å². The quantitative estimate of drug-likeness (QED) is 0.185. The summed E-state index contributed by atoms with van der Waals surface area (Å²) >= 11 is 0. The summed E-state index contributed by atoms with van der Waals surface area (Å²) in [7, 11) is 1.70. The molecule has 0 bridgehead atoms. The molecular weight excluding hydrogens is 536 g/mol. The summed E-state index contributed by atoms with van der Waals surface area (Å²) in [6.45, 7) is 0.996. The fourth-order valence-corrected chi connectivity index (χ4v) is 2.88. The maximum absolute atomic E-state index is 13.0. The highest BCUT2D eigenvalue weighted by molar-refractivity contribution is 14.0. The van der Waals surface area contributed by atoms with Gasteiger partial charge in [-0.05, 0) is 42.0 Å². The van der Waals surface area contributed by atoms with Crippen LogP contribution in [0.5, 0.6) is 11.6 Å². The van der Waals surface area contributed by atoms with E-state index in [0.29, 0.717) is 36.6 Å². The number of halogens is 2. The van der Waals surface area contributed by atoms with Gasteiger partial charge in [-0.3, -0.25) is 4.99 Å². The number of aliphatic imine (C=N–C) groups is 1. The molecule has 0 spiro atoms. The lowest BCUT2D eigenvalue weighted by Gasteiger charge is -2.11. The van der Waals surface area contributed by atoms with Gasteiger partial charge in [-0.1, -0.05) is 24.3 Å². The molecule has 2 aromatic carbocycles. The Hall–Kier alpha value is -3.47. The number of rotatable bonds is 7. The fourth-order valence-electron chi connectivity index (χ4n) is 2.88. The average molecular weight is 559 g/mol. The predicted octanol–water partition coefficient (Wildman–Crippen LogP) is 5.15. The minimum absolute atomic E-state index is 0. The van der Waals surface area contributed by atoms with Crippen LogP contribution in [-0.2, 0) is 13.1 Å². The van der Waals surface area contributed by atoms with E-state index in [1.807, 2.05) is 36.4 Å². The molecule has 0 atom stereocenters. The van der Waals surface area contributed by atoms with Crippen molar-refractivity contribution >= 4 is 29.9 Å². The van der Waals surface area contributed by atoms with Crippen LogP contribution in [0.1, 0.15) is 11.3 Å². The topological polar surface area (TPSA) is 84.6 Å². The molecule has 9 heteroatoms. The van der Waals surface area contributed by atoms with Gasteiger partial charge >= 0.3 is 0 Å². The normalized spacial score (nSPS) is 10.9. The molecule has 170 valence electrons. The van der Waals surface area contributed by atoms with E-state index in [9.17, 15) is 4.39 Å². The number of pyridine rings is 1. The summed E-state index contributed by atoms with van der Waals surface area (Å²) in [6.07, 6.45) is 3.34. The van der Waals surface area contributed by atoms with E-state index in [2.05, 4.69) is 25.6 Å². The van der Waals surface area contributed by atoms with E-state index in [1.165, 1.54) is 12.1 Å². The van der Waals surface area contributed by atoms with Crippen LogP contribution in [0.2, 0.25) is 0 Å². The Kier molecular flexibility index (Phi) is 8.76. The van der Waals surface area contributed by atoms with Crippen molar-refractivity contribution in [1.82, 2.24) is 20.6 Å². The molecule has 4 aromatic rings. The van der Waals surface area contributed by atoms with Crippen molar-refractivity contribution in [3.05, 3.63) is 96.3 Å². The summed E-state index contributed by atoms with van der Waals surface area (Å²) in [5, 5.41) is 6.44. The highest BCUT2D eigenvalue weighted by atomic mass is 127. The Balaban J connectivity index is 0.00000306. The molecule has 33 heavy (non-hydrogen) atoms. The van der Waals surface area contributed by atoms with Crippen LogP contribution in [0.4, 0.5) is 4.39 Å². The molecule has 7 nitrogen and oxygen atoms in total. The second kappa shape index (κ2) is 12.0. The van der Waals surface area contributed by atoms with Gasteiger partial charge in [0.1, 0.15) is 17.8 Å². The number of hydrogen-bond acceptors (Lipinski definition) is 5. The first-order valence-electron chi connectivity index (χ1n) is 10.0. The number of hydrogen-bond donors (Lipinski definition) is 2. The predicted molar refractivity (Wildman–Crippen MR) is 135 cm³/mol. The molecule has 0 saturated heterocycles. The number of aromatic nitrogens is 2. The van der Waals surface area contributed by atoms with Gasteiger partial charge in [0, 0.05) is 31.4 Å². The molecule has 0 radical (unpaired) electrons. The molecule has 2 aromatic heterocycles. The Labute approximate surface area is 208 Å². The number of ether oxygens (including phenoxy) is 1. The standard InChI is InChI=1S/C24H22FN5O2.HI/c1-26-24(29-15-20-16-31-23(30-20)18-5-3-2-4-6-18)28-14-17-7-12-22(27-13-17)32-21-10-8-19(25)9-11-21;/h2-13,16H,14-15H2,1H3,(H2,26,28,29);1H. The highest BCUT2D eigenvalue weighted by Crippen LogP contribution is 2.20. The van der Waals surface area contributed by atoms with Crippen LogP contribution in [0, 0.1) is 5.82 Å². The second-order valence-corrected chi connectivity index (χ2v) is 6.85. The third kappa shape index (κ3) is 7.01. The van der Waals surface area contributed by atoms with Crippen LogP contribution in [0.15, 0.2) is 88.6 Å². The molecule has 4 rings (SSSR count). The van der Waals surface area contributed by atoms with E-state index in [0.717, 1.165) is 16.8 Å². The molecule has 0 amide bonds. The summed E-state index contributed by atoms with van der Waals surface area (Å²) < 4.78 is 24.1. The smallest absolute Gasteiger partial charge is 0.226 e. The van der Waals surface area contributed by atoms with Gasteiger partial charge in [-0.15, -0.1) is 24.0 Å². The van der Waals surface area contributed by atoms with Crippen LogP contribution in [0.3, 0.4) is 0 Å². The average Bonchev–Trinajstić information content (AvgIpc) is 3.31. The summed E-state index contributed by atoms with van der Waals surface area (Å²) in [5.41, 5.74) is 2.66. The summed E-state index contributed by atoms with van der Waals surface area (Å²) in [6, 6.07) is 19.2. The minimum atomic E-state index is -0.311. The van der Waals surface area contributed by atoms with E-state index >= 15 is 0 Å². The van der Waals surface area contributed by atoms with Gasteiger partial charge in [0.15, 0.2) is 5.96 Å². The summed E-state index contributed by atoms with van der Waals surface area (Å²) in [4.78, 5) is 13.0. The molecule has 0 aliphatic carbocycles. The number of nitrogens with zero attached hydrogens (tertiary/aromatic N) is 3. The van der Waals surface area contributed by atoms with Crippen molar-refractivity contribution in [3.63, 3.8) is 0 Å². The zero-order valence-corrected chi connectivity index (χ0v) is 20.2.